The van der Waals surface area contributed by atoms with Crippen molar-refractivity contribution in [2.45, 2.75) is 58.0 Å². The summed E-state index contributed by atoms with van der Waals surface area (Å²) >= 11 is 0. The van der Waals surface area contributed by atoms with Gasteiger partial charge in [0, 0.05) is 30.4 Å². The van der Waals surface area contributed by atoms with Gasteiger partial charge in [0.2, 0.25) is 0 Å². The summed E-state index contributed by atoms with van der Waals surface area (Å²) in [5.74, 6) is 1.47. The van der Waals surface area contributed by atoms with E-state index in [0.717, 1.165) is 18.1 Å². The van der Waals surface area contributed by atoms with Crippen molar-refractivity contribution < 1.29 is 0 Å². The Bertz CT molecular complexity index is 389. The largest absolute Gasteiger partial charge is 0.352 e. The van der Waals surface area contributed by atoms with Crippen molar-refractivity contribution in [2.24, 2.45) is 5.73 Å². The highest BCUT2D eigenvalue weighted by molar-refractivity contribution is 5.41. The maximum Gasteiger partial charge on any atom is 0.132 e. The number of nitrogens with zero attached hydrogens (tertiary/aromatic N) is 3. The average molecular weight is 248 g/mol. The van der Waals surface area contributed by atoms with Crippen LogP contribution in [0, 0.1) is 0 Å². The van der Waals surface area contributed by atoms with Crippen molar-refractivity contribution >= 4 is 5.82 Å². The third-order valence-corrected chi connectivity index (χ3v) is 3.72. The van der Waals surface area contributed by atoms with Gasteiger partial charge in [0.25, 0.3) is 0 Å². The second-order valence-electron chi connectivity index (χ2n) is 5.57. The molecule has 100 valence electrons. The SMILES string of the molecule is CC(C)c1cc(N2CCCCC2C(C)N)ncn1. The highest BCUT2D eigenvalue weighted by atomic mass is 15.2. The van der Waals surface area contributed by atoms with Gasteiger partial charge in [0.05, 0.1) is 0 Å². The smallest absolute Gasteiger partial charge is 0.132 e. The third-order valence-electron chi connectivity index (χ3n) is 3.72. The first-order chi connectivity index (χ1) is 8.59. The molecule has 0 spiro atoms. The van der Waals surface area contributed by atoms with Crippen LogP contribution in [-0.2, 0) is 0 Å². The van der Waals surface area contributed by atoms with Gasteiger partial charge in [-0.25, -0.2) is 9.97 Å². The zero-order valence-electron chi connectivity index (χ0n) is 11.6. The molecule has 1 aliphatic rings. The highest BCUT2D eigenvalue weighted by Gasteiger charge is 2.26. The van der Waals surface area contributed by atoms with Gasteiger partial charge in [-0.3, -0.25) is 0 Å². The van der Waals surface area contributed by atoms with Crippen LogP contribution < -0.4 is 10.6 Å². The Hall–Kier alpha value is -1.16. The van der Waals surface area contributed by atoms with Crippen molar-refractivity contribution in [3.8, 4) is 0 Å². The molecule has 0 radical (unpaired) electrons. The summed E-state index contributed by atoms with van der Waals surface area (Å²) in [6, 6.07) is 2.71. The van der Waals surface area contributed by atoms with Crippen LogP contribution in [0.4, 0.5) is 5.82 Å². The van der Waals surface area contributed by atoms with E-state index in [2.05, 4.69) is 41.7 Å². The van der Waals surface area contributed by atoms with Crippen molar-refractivity contribution in [1.82, 2.24) is 9.97 Å². The molecule has 1 aliphatic heterocycles. The van der Waals surface area contributed by atoms with Gasteiger partial charge in [-0.15, -0.1) is 0 Å². The molecule has 4 nitrogen and oxygen atoms in total. The lowest BCUT2D eigenvalue weighted by Gasteiger charge is -2.39. The van der Waals surface area contributed by atoms with Gasteiger partial charge < -0.3 is 10.6 Å². The van der Waals surface area contributed by atoms with E-state index in [-0.39, 0.29) is 6.04 Å². The Morgan fingerprint density at radius 3 is 2.72 bits per heavy atom. The minimum atomic E-state index is 0.183. The van der Waals surface area contributed by atoms with Crippen LogP contribution in [0.1, 0.15) is 51.6 Å². The predicted octanol–water partition coefficient (Wildman–Crippen LogP) is 2.31. The molecule has 2 unspecified atom stereocenters. The minimum absolute atomic E-state index is 0.183. The van der Waals surface area contributed by atoms with E-state index < -0.39 is 0 Å². The second kappa shape index (κ2) is 5.65. The summed E-state index contributed by atoms with van der Waals surface area (Å²) in [5, 5.41) is 0. The molecule has 1 saturated heterocycles. The molecule has 2 rings (SSSR count). The average Bonchev–Trinajstić information content (AvgIpc) is 2.39. The first-order valence-corrected chi connectivity index (χ1v) is 6.93. The summed E-state index contributed by atoms with van der Waals surface area (Å²) in [7, 11) is 0. The first kappa shape index (κ1) is 13.3. The summed E-state index contributed by atoms with van der Waals surface area (Å²) in [6.45, 7) is 7.46. The molecular weight excluding hydrogens is 224 g/mol. The predicted molar refractivity (Wildman–Crippen MR) is 74.8 cm³/mol. The molecule has 0 aliphatic carbocycles. The summed E-state index contributed by atoms with van der Waals surface area (Å²) in [4.78, 5) is 11.1. The van der Waals surface area contributed by atoms with Crippen LogP contribution in [0.3, 0.4) is 0 Å². The molecule has 0 bridgehead atoms. The first-order valence-electron chi connectivity index (χ1n) is 6.93. The quantitative estimate of drug-likeness (QED) is 0.892. The Balaban J connectivity index is 2.25. The van der Waals surface area contributed by atoms with E-state index in [0.29, 0.717) is 12.0 Å². The van der Waals surface area contributed by atoms with Gasteiger partial charge in [-0.05, 0) is 32.1 Å². The van der Waals surface area contributed by atoms with Crippen LogP contribution in [0.15, 0.2) is 12.4 Å². The Labute approximate surface area is 110 Å². The lowest BCUT2D eigenvalue weighted by molar-refractivity contribution is 0.410. The monoisotopic (exact) mass is 248 g/mol. The van der Waals surface area contributed by atoms with Gasteiger partial charge in [-0.1, -0.05) is 13.8 Å². The number of anilines is 1. The number of hydrogen-bond acceptors (Lipinski definition) is 4. The molecule has 18 heavy (non-hydrogen) atoms. The molecule has 0 aromatic carbocycles. The molecule has 1 aromatic heterocycles. The molecule has 4 heteroatoms. The fourth-order valence-corrected chi connectivity index (χ4v) is 2.62. The molecule has 1 fully saturated rings. The minimum Gasteiger partial charge on any atom is -0.352 e. The maximum atomic E-state index is 6.11. The molecule has 0 saturated carbocycles. The summed E-state index contributed by atoms with van der Waals surface area (Å²) < 4.78 is 0. The van der Waals surface area contributed by atoms with Gasteiger partial charge in [0.15, 0.2) is 0 Å². The number of piperidine rings is 1. The Morgan fingerprint density at radius 1 is 1.28 bits per heavy atom. The van der Waals surface area contributed by atoms with Crippen molar-refractivity contribution in [3.63, 3.8) is 0 Å². The van der Waals surface area contributed by atoms with Crippen LogP contribution >= 0.6 is 0 Å². The normalized spacial score (nSPS) is 22.3. The van der Waals surface area contributed by atoms with Gasteiger partial charge >= 0.3 is 0 Å². The Morgan fingerprint density at radius 2 is 2.06 bits per heavy atom. The zero-order valence-corrected chi connectivity index (χ0v) is 11.6. The number of hydrogen-bond donors (Lipinski definition) is 1. The highest BCUT2D eigenvalue weighted by Crippen LogP contribution is 2.25. The van der Waals surface area contributed by atoms with E-state index in [1.165, 1.54) is 19.3 Å². The lowest BCUT2D eigenvalue weighted by atomic mass is 9.97. The molecule has 2 atom stereocenters. The van der Waals surface area contributed by atoms with Crippen LogP contribution in [0.25, 0.3) is 0 Å². The fourth-order valence-electron chi connectivity index (χ4n) is 2.62. The van der Waals surface area contributed by atoms with Crippen LogP contribution in [-0.4, -0.2) is 28.6 Å². The topological polar surface area (TPSA) is 55.0 Å². The lowest BCUT2D eigenvalue weighted by Crippen LogP contribution is -2.49. The second-order valence-corrected chi connectivity index (χ2v) is 5.57. The van der Waals surface area contributed by atoms with E-state index in [1.54, 1.807) is 6.33 Å². The third kappa shape index (κ3) is 2.80. The number of nitrogens with two attached hydrogens (primary N) is 1. The van der Waals surface area contributed by atoms with E-state index in [4.69, 9.17) is 5.73 Å². The number of aromatic nitrogens is 2. The van der Waals surface area contributed by atoms with Crippen molar-refractivity contribution in [1.29, 1.82) is 0 Å². The Kier molecular flexibility index (Phi) is 4.17. The molecule has 1 aromatic rings. The van der Waals surface area contributed by atoms with Crippen molar-refractivity contribution in [3.05, 3.63) is 18.1 Å². The van der Waals surface area contributed by atoms with E-state index >= 15 is 0 Å². The van der Waals surface area contributed by atoms with E-state index in [9.17, 15) is 0 Å². The zero-order chi connectivity index (χ0) is 13.1. The van der Waals surface area contributed by atoms with Gasteiger partial charge in [-0.2, -0.15) is 0 Å². The fraction of sp³-hybridized carbons (Fsp3) is 0.714. The summed E-state index contributed by atoms with van der Waals surface area (Å²) in [6.07, 6.45) is 5.34. The molecule has 2 heterocycles. The van der Waals surface area contributed by atoms with E-state index in [1.807, 2.05) is 0 Å². The number of rotatable bonds is 3. The van der Waals surface area contributed by atoms with Gasteiger partial charge in [0.1, 0.15) is 12.1 Å². The van der Waals surface area contributed by atoms with Crippen LogP contribution in [0.5, 0.6) is 0 Å². The molecular formula is C14H24N4. The molecule has 2 N–H and O–H groups in total. The molecule has 0 amide bonds. The van der Waals surface area contributed by atoms with Crippen molar-refractivity contribution in [2.75, 3.05) is 11.4 Å². The maximum absolute atomic E-state index is 6.11. The standard InChI is InChI=1S/C14H24N4/c1-10(2)12-8-14(17-9-16-12)18-7-5-4-6-13(18)11(3)15/h8-11,13H,4-7,15H2,1-3H3. The summed E-state index contributed by atoms with van der Waals surface area (Å²) in [5.41, 5.74) is 7.21. The van der Waals surface area contributed by atoms with Crippen LogP contribution in [0.2, 0.25) is 0 Å².